The zero-order chi connectivity index (χ0) is 27.2. The molecule has 13 heteroatoms. The molecule has 1 amide bonds. The van der Waals surface area contributed by atoms with Crippen molar-refractivity contribution in [2.45, 2.75) is 69.8 Å². The maximum atomic E-state index is 13.5. The van der Waals surface area contributed by atoms with Crippen molar-refractivity contribution >= 4 is 56.8 Å². The standard InChI is InChI=1S/C24H31BClFN3O5S2/c1-23(2)24(3,4)35-15(13-34-23)12-25-21-9-8-20(36-21)18-11-19(30(5)37(32,33)29-18)22(31)28-14-6-7-17(27)16(26)10-14/h6-10,15,18-19,29H,11-13H2,1-5H3,(H,28,31). The van der Waals surface area contributed by atoms with Crippen molar-refractivity contribution in [1.82, 2.24) is 9.03 Å². The molecule has 0 bridgehead atoms. The summed E-state index contributed by atoms with van der Waals surface area (Å²) in [6.07, 6.45) is 0.798. The average molecular weight is 571 g/mol. The molecule has 1 aromatic carbocycles. The maximum absolute atomic E-state index is 13.5. The summed E-state index contributed by atoms with van der Waals surface area (Å²) in [7, 11) is -0.500. The minimum atomic E-state index is -3.91. The number of anilines is 1. The SMILES string of the molecule is CN1C(C(=O)Nc2ccc(F)c(Cl)c2)CC(c2ccc([B]CC3COC(C)(C)C(C)(C)O3)s2)NS1(=O)=O. The van der Waals surface area contributed by atoms with Gasteiger partial charge in [-0.05, 0) is 69.5 Å². The Kier molecular flexibility index (Phi) is 8.12. The summed E-state index contributed by atoms with van der Waals surface area (Å²) >= 11 is 7.27. The number of nitrogens with one attached hydrogen (secondary N) is 2. The summed E-state index contributed by atoms with van der Waals surface area (Å²) < 4.78 is 56.0. The number of hydrogen-bond donors (Lipinski definition) is 2. The van der Waals surface area contributed by atoms with Gasteiger partial charge in [0.15, 0.2) is 7.28 Å². The predicted molar refractivity (Wildman–Crippen MR) is 145 cm³/mol. The molecule has 2 aliphatic rings. The summed E-state index contributed by atoms with van der Waals surface area (Å²) in [4.78, 5) is 13.8. The van der Waals surface area contributed by atoms with Crippen LogP contribution in [-0.2, 0) is 24.5 Å². The van der Waals surface area contributed by atoms with E-state index in [0.717, 1.165) is 20.0 Å². The highest BCUT2D eigenvalue weighted by Gasteiger charge is 2.45. The van der Waals surface area contributed by atoms with E-state index in [1.807, 2.05) is 39.8 Å². The molecule has 1 radical (unpaired) electrons. The van der Waals surface area contributed by atoms with E-state index in [1.54, 1.807) is 0 Å². The van der Waals surface area contributed by atoms with Crippen molar-refractivity contribution in [2.24, 2.45) is 0 Å². The number of amides is 1. The van der Waals surface area contributed by atoms with Crippen LogP contribution in [-0.4, -0.2) is 62.9 Å². The summed E-state index contributed by atoms with van der Waals surface area (Å²) in [5.41, 5.74) is -0.520. The van der Waals surface area contributed by atoms with E-state index in [-0.39, 0.29) is 28.8 Å². The Balaban J connectivity index is 1.42. The van der Waals surface area contributed by atoms with Crippen LogP contribution in [0.25, 0.3) is 0 Å². The molecule has 3 heterocycles. The van der Waals surface area contributed by atoms with E-state index in [0.29, 0.717) is 12.9 Å². The first-order chi connectivity index (χ1) is 17.2. The zero-order valence-corrected chi connectivity index (χ0v) is 23.8. The van der Waals surface area contributed by atoms with Gasteiger partial charge in [-0.1, -0.05) is 17.7 Å². The smallest absolute Gasteiger partial charge is 0.280 e. The largest absolute Gasteiger partial charge is 0.370 e. The van der Waals surface area contributed by atoms with E-state index in [2.05, 4.69) is 17.3 Å². The normalized spacial score (nSPS) is 26.9. The lowest BCUT2D eigenvalue weighted by molar-refractivity contribution is -0.257. The first-order valence-corrected chi connectivity index (χ1v) is 14.6. The molecule has 1 aromatic heterocycles. The van der Waals surface area contributed by atoms with Crippen molar-refractivity contribution in [3.05, 3.63) is 46.0 Å². The maximum Gasteiger partial charge on any atom is 0.280 e. The molecule has 3 unspecified atom stereocenters. The molecule has 0 saturated carbocycles. The molecular weight excluding hydrogens is 540 g/mol. The lowest BCUT2D eigenvalue weighted by atomic mass is 9.70. The van der Waals surface area contributed by atoms with Crippen molar-refractivity contribution in [3.8, 4) is 0 Å². The van der Waals surface area contributed by atoms with E-state index in [4.69, 9.17) is 21.1 Å². The molecule has 4 rings (SSSR count). The quantitative estimate of drug-likeness (QED) is 0.519. The Hall–Kier alpha value is -1.54. The topological polar surface area (TPSA) is 97.0 Å². The highest BCUT2D eigenvalue weighted by molar-refractivity contribution is 7.87. The number of carbonyl (C=O) groups excluding carboxylic acids is 1. The molecule has 8 nitrogen and oxygen atoms in total. The van der Waals surface area contributed by atoms with Gasteiger partial charge in [0.1, 0.15) is 11.9 Å². The molecule has 0 spiro atoms. The first kappa shape index (κ1) is 28.5. The number of nitrogens with zero attached hydrogens (tertiary/aromatic N) is 1. The van der Waals surface area contributed by atoms with Crippen molar-refractivity contribution < 1.29 is 27.1 Å². The van der Waals surface area contributed by atoms with E-state index < -0.39 is 39.6 Å². The molecule has 2 aromatic rings. The minimum absolute atomic E-state index is 0.0801. The fourth-order valence-corrected chi connectivity index (χ4v) is 6.74. The Bertz CT molecular complexity index is 1270. The third-order valence-corrected chi connectivity index (χ3v) is 10.3. The fourth-order valence-electron chi connectivity index (χ4n) is 4.19. The van der Waals surface area contributed by atoms with Gasteiger partial charge in [0.05, 0.1) is 35.0 Å². The fraction of sp³-hybridized carbons (Fsp3) is 0.542. The van der Waals surface area contributed by atoms with Crippen LogP contribution in [0.5, 0.6) is 0 Å². The van der Waals surface area contributed by atoms with Crippen molar-refractivity contribution in [2.75, 3.05) is 19.0 Å². The van der Waals surface area contributed by atoms with E-state index in [9.17, 15) is 17.6 Å². The van der Waals surface area contributed by atoms with Crippen molar-refractivity contribution in [3.63, 3.8) is 0 Å². The van der Waals surface area contributed by atoms with Gasteiger partial charge in [-0.3, -0.25) is 4.79 Å². The Labute approximate surface area is 227 Å². The van der Waals surface area contributed by atoms with Gasteiger partial charge in [0.25, 0.3) is 10.2 Å². The summed E-state index contributed by atoms with van der Waals surface area (Å²) in [5, 5.41) is 2.50. The molecule has 2 N–H and O–H groups in total. The van der Waals surface area contributed by atoms with Gasteiger partial charge in [0.2, 0.25) is 5.91 Å². The number of carbonyl (C=O) groups is 1. The van der Waals surface area contributed by atoms with Gasteiger partial charge in [0, 0.05) is 17.6 Å². The van der Waals surface area contributed by atoms with Gasteiger partial charge >= 0.3 is 0 Å². The van der Waals surface area contributed by atoms with Crippen LogP contribution in [0.1, 0.15) is 45.0 Å². The lowest BCUT2D eigenvalue weighted by Gasteiger charge is -2.48. The van der Waals surface area contributed by atoms with E-state index in [1.165, 1.54) is 30.5 Å². The number of hydrogen-bond acceptors (Lipinski definition) is 6. The first-order valence-electron chi connectivity index (χ1n) is 11.9. The van der Waals surface area contributed by atoms with Gasteiger partial charge < -0.3 is 14.8 Å². The second-order valence-electron chi connectivity index (χ2n) is 10.3. The second kappa shape index (κ2) is 10.6. The molecule has 0 aliphatic carbocycles. The highest BCUT2D eigenvalue weighted by atomic mass is 35.5. The third kappa shape index (κ3) is 6.21. The number of thiophene rings is 1. The number of likely N-dealkylation sites (N-methyl/N-ethyl adjacent to an activating group) is 1. The molecule has 37 heavy (non-hydrogen) atoms. The average Bonchev–Trinajstić information content (AvgIpc) is 3.28. The molecule has 2 aliphatic heterocycles. The third-order valence-electron chi connectivity index (χ3n) is 7.17. The molecule has 2 saturated heterocycles. The monoisotopic (exact) mass is 570 g/mol. The van der Waals surface area contributed by atoms with Crippen molar-refractivity contribution in [1.29, 1.82) is 0 Å². The number of halogens is 2. The molecule has 3 atom stereocenters. The Morgan fingerprint density at radius 2 is 2.00 bits per heavy atom. The molecular formula is C24H31BClFN3O5S2. The van der Waals surface area contributed by atoms with Crippen LogP contribution in [0.4, 0.5) is 10.1 Å². The summed E-state index contributed by atoms with van der Waals surface area (Å²) in [6, 6.07) is 6.06. The zero-order valence-electron chi connectivity index (χ0n) is 21.4. The van der Waals surface area contributed by atoms with Gasteiger partial charge in [-0.2, -0.15) is 28.8 Å². The Morgan fingerprint density at radius 3 is 2.68 bits per heavy atom. The van der Waals surface area contributed by atoms with Crippen LogP contribution in [0.3, 0.4) is 0 Å². The van der Waals surface area contributed by atoms with E-state index >= 15 is 0 Å². The van der Waals surface area contributed by atoms with Gasteiger partial charge in [-0.25, -0.2) is 4.39 Å². The number of ether oxygens (including phenoxy) is 2. The summed E-state index contributed by atoms with van der Waals surface area (Å²) in [6.45, 7) is 8.57. The molecule has 201 valence electrons. The van der Waals surface area contributed by atoms with Gasteiger partial charge in [-0.15, -0.1) is 0 Å². The lowest BCUT2D eigenvalue weighted by Crippen LogP contribution is -2.57. The Morgan fingerprint density at radius 1 is 1.27 bits per heavy atom. The minimum Gasteiger partial charge on any atom is -0.370 e. The van der Waals surface area contributed by atoms with Crippen LogP contribution < -0.4 is 14.8 Å². The van der Waals surface area contributed by atoms with Crippen LogP contribution in [0.2, 0.25) is 11.3 Å². The predicted octanol–water partition coefficient (Wildman–Crippen LogP) is 3.48. The van der Waals surface area contributed by atoms with Crippen LogP contribution in [0, 0.1) is 5.82 Å². The second-order valence-corrected chi connectivity index (χ2v) is 13.6. The van der Waals surface area contributed by atoms with Crippen LogP contribution in [0.15, 0.2) is 30.3 Å². The summed E-state index contributed by atoms with van der Waals surface area (Å²) in [5.74, 6) is -1.13. The number of benzene rings is 1. The number of rotatable bonds is 6. The highest BCUT2D eigenvalue weighted by Crippen LogP contribution is 2.35. The molecule has 2 fully saturated rings. The van der Waals surface area contributed by atoms with Crippen LogP contribution >= 0.6 is 22.9 Å².